The molecule has 0 radical (unpaired) electrons. The van der Waals surface area contributed by atoms with Gasteiger partial charge in [-0.3, -0.25) is 9.89 Å². The Morgan fingerprint density at radius 1 is 1.05 bits per heavy atom. The van der Waals surface area contributed by atoms with Crippen molar-refractivity contribution < 1.29 is 23.8 Å². The molecule has 3 saturated heterocycles. The van der Waals surface area contributed by atoms with Gasteiger partial charge in [-0.2, -0.15) is 20.1 Å². The fourth-order valence-corrected chi connectivity index (χ4v) is 5.88. The van der Waals surface area contributed by atoms with Gasteiger partial charge >= 0.3 is 6.09 Å². The number of nitrogens with one attached hydrogen (secondary N) is 3. The standard InChI is InChI=1S/C29H44N10O5/c1-29(2,3)44-28(41)38-9-5-6-19(16-38)30-24(40)22-14-20(42-4)17-39(22)27-33-25(31-23-15-21(35-36-23)18-7-8-18)32-26(34-27)37-10-12-43-13-11-37/h15,18-20,22H,5-14,16-17H2,1-4H3,(H,30,40)(H2,31,32,33,34,35,36)/t19-,20+,22+/m1/s1. The van der Waals surface area contributed by atoms with Crippen molar-refractivity contribution >= 4 is 35.7 Å². The van der Waals surface area contributed by atoms with Gasteiger partial charge < -0.3 is 39.5 Å². The number of hydrogen-bond acceptors (Lipinski definition) is 12. The second-order valence-corrected chi connectivity index (χ2v) is 13.0. The van der Waals surface area contributed by atoms with Crippen molar-refractivity contribution in [1.29, 1.82) is 0 Å². The summed E-state index contributed by atoms with van der Waals surface area (Å²) in [5.74, 6) is 2.27. The summed E-state index contributed by atoms with van der Waals surface area (Å²) >= 11 is 0. The Kier molecular flexibility index (Phi) is 8.76. The number of anilines is 4. The number of amides is 2. The van der Waals surface area contributed by atoms with E-state index in [1.807, 2.05) is 31.7 Å². The molecular weight excluding hydrogens is 568 g/mol. The number of hydrogen-bond donors (Lipinski definition) is 3. The number of nitrogens with zero attached hydrogens (tertiary/aromatic N) is 7. The van der Waals surface area contributed by atoms with E-state index >= 15 is 0 Å². The van der Waals surface area contributed by atoms with Gasteiger partial charge in [-0.15, -0.1) is 0 Å². The van der Waals surface area contributed by atoms with E-state index in [4.69, 9.17) is 29.2 Å². The van der Waals surface area contributed by atoms with Crippen LogP contribution in [0.1, 0.15) is 64.5 Å². The summed E-state index contributed by atoms with van der Waals surface area (Å²) in [4.78, 5) is 46.5. The van der Waals surface area contributed by atoms with E-state index in [0.717, 1.165) is 31.4 Å². The Morgan fingerprint density at radius 2 is 1.82 bits per heavy atom. The van der Waals surface area contributed by atoms with Gasteiger partial charge in [0.05, 0.1) is 19.3 Å². The van der Waals surface area contributed by atoms with Crippen molar-refractivity contribution in [3.05, 3.63) is 11.8 Å². The van der Waals surface area contributed by atoms with Gasteiger partial charge in [0.25, 0.3) is 0 Å². The molecule has 0 aromatic carbocycles. The van der Waals surface area contributed by atoms with Crippen LogP contribution in [0, 0.1) is 0 Å². The minimum absolute atomic E-state index is 0.148. The quantitative estimate of drug-likeness (QED) is 0.399. The van der Waals surface area contributed by atoms with Gasteiger partial charge in [-0.25, -0.2) is 4.79 Å². The summed E-state index contributed by atoms with van der Waals surface area (Å²) < 4.78 is 16.8. The van der Waals surface area contributed by atoms with Crippen LogP contribution >= 0.6 is 0 Å². The molecule has 3 atom stereocenters. The molecule has 1 aliphatic carbocycles. The van der Waals surface area contributed by atoms with Crippen molar-refractivity contribution in [3.63, 3.8) is 0 Å². The third-order valence-electron chi connectivity index (χ3n) is 8.34. The number of carbonyl (C=O) groups excluding carboxylic acids is 2. The highest BCUT2D eigenvalue weighted by Crippen LogP contribution is 2.39. The Bertz CT molecular complexity index is 1320. The van der Waals surface area contributed by atoms with E-state index < -0.39 is 11.6 Å². The van der Waals surface area contributed by atoms with Gasteiger partial charge in [0.1, 0.15) is 11.6 Å². The zero-order valence-electron chi connectivity index (χ0n) is 26.0. The molecular formula is C29H44N10O5. The first-order valence-electron chi connectivity index (χ1n) is 15.6. The number of carbonyl (C=O) groups is 2. The van der Waals surface area contributed by atoms with E-state index in [0.29, 0.717) is 81.9 Å². The maximum atomic E-state index is 13.8. The Morgan fingerprint density at radius 3 is 2.55 bits per heavy atom. The van der Waals surface area contributed by atoms with Gasteiger partial charge in [0, 0.05) is 70.0 Å². The van der Waals surface area contributed by atoms with Crippen LogP contribution in [0.5, 0.6) is 0 Å². The minimum Gasteiger partial charge on any atom is -0.444 e. The van der Waals surface area contributed by atoms with E-state index in [-0.39, 0.29) is 24.1 Å². The van der Waals surface area contributed by atoms with E-state index in [9.17, 15) is 9.59 Å². The number of H-pyrrole nitrogens is 1. The lowest BCUT2D eigenvalue weighted by molar-refractivity contribution is -0.123. The topological polar surface area (TPSA) is 163 Å². The van der Waals surface area contributed by atoms with Crippen LogP contribution in [0.3, 0.4) is 0 Å². The summed E-state index contributed by atoms with van der Waals surface area (Å²) in [5.41, 5.74) is 0.518. The lowest BCUT2D eigenvalue weighted by atomic mass is 10.0. The lowest BCUT2D eigenvalue weighted by Crippen LogP contribution is -2.54. The largest absolute Gasteiger partial charge is 0.444 e. The summed E-state index contributed by atoms with van der Waals surface area (Å²) in [6.07, 6.45) is 3.83. The number of morpholine rings is 1. The molecule has 0 unspecified atom stereocenters. The zero-order valence-corrected chi connectivity index (χ0v) is 26.0. The van der Waals surface area contributed by atoms with Crippen LogP contribution in [0.25, 0.3) is 0 Å². The molecule has 6 rings (SSSR count). The molecule has 3 N–H and O–H groups in total. The Hall–Kier alpha value is -3.72. The van der Waals surface area contributed by atoms with Crippen LogP contribution in [-0.2, 0) is 19.0 Å². The number of likely N-dealkylation sites (tertiary alicyclic amines) is 1. The molecule has 0 spiro atoms. The maximum Gasteiger partial charge on any atom is 0.410 e. The Labute approximate surface area is 257 Å². The fourth-order valence-electron chi connectivity index (χ4n) is 5.88. The number of aromatic nitrogens is 5. The molecule has 15 nitrogen and oxygen atoms in total. The van der Waals surface area contributed by atoms with Gasteiger partial charge in [0.15, 0.2) is 5.82 Å². The number of methoxy groups -OCH3 is 1. The number of aromatic amines is 1. The highest BCUT2D eigenvalue weighted by atomic mass is 16.6. The molecule has 15 heteroatoms. The Balaban J connectivity index is 1.21. The summed E-state index contributed by atoms with van der Waals surface area (Å²) in [6.45, 7) is 9.45. The van der Waals surface area contributed by atoms with Crippen LogP contribution < -0.4 is 20.4 Å². The molecule has 240 valence electrons. The van der Waals surface area contributed by atoms with E-state index in [1.54, 1.807) is 12.0 Å². The third kappa shape index (κ3) is 7.32. The highest BCUT2D eigenvalue weighted by Gasteiger charge is 2.40. The molecule has 2 aromatic rings. The molecule has 0 bridgehead atoms. The average molecular weight is 613 g/mol. The van der Waals surface area contributed by atoms with Gasteiger partial charge in [-0.05, 0) is 46.5 Å². The smallest absolute Gasteiger partial charge is 0.410 e. The van der Waals surface area contributed by atoms with E-state index in [2.05, 4.69) is 25.7 Å². The molecule has 4 aliphatic rings. The molecule has 3 aliphatic heterocycles. The zero-order chi connectivity index (χ0) is 30.8. The SMILES string of the molecule is CO[C@H]1C[C@@H](C(=O)N[C@@H]2CCCN(C(=O)OC(C)(C)C)C2)N(c2nc(Nc3cc(C4CC4)[nH]n3)nc(N3CCOCC3)n2)C1. The second-order valence-electron chi connectivity index (χ2n) is 13.0. The van der Waals surface area contributed by atoms with Crippen molar-refractivity contribution in [1.82, 2.24) is 35.4 Å². The summed E-state index contributed by atoms with van der Waals surface area (Å²) in [6, 6.07) is 1.25. The predicted octanol–water partition coefficient (Wildman–Crippen LogP) is 2.16. The van der Waals surface area contributed by atoms with E-state index in [1.165, 1.54) is 0 Å². The first-order valence-corrected chi connectivity index (χ1v) is 15.6. The van der Waals surface area contributed by atoms with Gasteiger partial charge in [-0.1, -0.05) is 0 Å². The van der Waals surface area contributed by atoms with Crippen molar-refractivity contribution in [2.24, 2.45) is 0 Å². The highest BCUT2D eigenvalue weighted by molar-refractivity contribution is 5.86. The maximum absolute atomic E-state index is 13.8. The molecule has 44 heavy (non-hydrogen) atoms. The minimum atomic E-state index is -0.582. The lowest BCUT2D eigenvalue weighted by Gasteiger charge is -2.35. The van der Waals surface area contributed by atoms with Crippen LogP contribution in [0.2, 0.25) is 0 Å². The summed E-state index contributed by atoms with van der Waals surface area (Å²) in [5, 5.41) is 14.0. The first kappa shape index (κ1) is 30.3. The second kappa shape index (κ2) is 12.7. The van der Waals surface area contributed by atoms with Gasteiger partial charge in [0.2, 0.25) is 23.8 Å². The van der Waals surface area contributed by atoms with Crippen LogP contribution in [0.4, 0.5) is 28.5 Å². The number of rotatable bonds is 8. The molecule has 2 aromatic heterocycles. The van der Waals surface area contributed by atoms with Crippen LogP contribution in [-0.4, -0.2) is 119 Å². The normalized spacial score (nSPS) is 24.4. The average Bonchev–Trinajstić information content (AvgIpc) is 3.59. The third-order valence-corrected chi connectivity index (χ3v) is 8.34. The predicted molar refractivity (Wildman–Crippen MR) is 162 cm³/mol. The van der Waals surface area contributed by atoms with Crippen molar-refractivity contribution in [2.75, 3.05) is 68.2 Å². The monoisotopic (exact) mass is 612 g/mol. The molecule has 1 saturated carbocycles. The molecule has 5 heterocycles. The van der Waals surface area contributed by atoms with Crippen molar-refractivity contribution in [2.45, 2.75) is 82.6 Å². The first-order chi connectivity index (χ1) is 21.1. The number of ether oxygens (including phenoxy) is 3. The molecule has 2 amide bonds. The molecule has 4 fully saturated rings. The number of piperidine rings is 1. The van der Waals surface area contributed by atoms with Crippen molar-refractivity contribution in [3.8, 4) is 0 Å². The fraction of sp³-hybridized carbons (Fsp3) is 0.724. The summed E-state index contributed by atoms with van der Waals surface area (Å²) in [7, 11) is 1.65. The van der Waals surface area contributed by atoms with Crippen LogP contribution in [0.15, 0.2) is 6.07 Å².